The Bertz CT molecular complexity index is 834. The molecular formula is C25H33NO7. The third kappa shape index (κ3) is 16.8. The number of ether oxygens (including phenoxy) is 1. The summed E-state index contributed by atoms with van der Waals surface area (Å²) in [5, 5.41) is 25.4. The largest absolute Gasteiger partial charge is 0.490 e. The van der Waals surface area contributed by atoms with E-state index in [0.717, 1.165) is 18.7 Å². The summed E-state index contributed by atoms with van der Waals surface area (Å²) in [7, 11) is 2.02. The molecule has 3 N–H and O–H groups in total. The van der Waals surface area contributed by atoms with Crippen molar-refractivity contribution in [3.05, 3.63) is 78.4 Å². The predicted octanol–water partition coefficient (Wildman–Crippen LogP) is 3.35. The molecule has 1 unspecified atom stereocenters. The number of benzene rings is 1. The molecule has 1 aromatic carbocycles. The minimum Gasteiger partial charge on any atom is -0.490 e. The van der Waals surface area contributed by atoms with Gasteiger partial charge in [0.2, 0.25) is 0 Å². The molecule has 0 saturated carbocycles. The molecular weight excluding hydrogens is 426 g/mol. The van der Waals surface area contributed by atoms with E-state index in [1.165, 1.54) is 0 Å². The highest BCUT2D eigenvalue weighted by atomic mass is 16.5. The summed E-state index contributed by atoms with van der Waals surface area (Å²) < 4.78 is 5.62. The van der Waals surface area contributed by atoms with Crippen LogP contribution < -0.4 is 4.74 Å². The summed E-state index contributed by atoms with van der Waals surface area (Å²) >= 11 is 0. The average Bonchev–Trinajstić information content (AvgIpc) is 2.72. The molecule has 0 saturated heterocycles. The minimum atomic E-state index is -1.26. The van der Waals surface area contributed by atoms with Crippen LogP contribution in [0, 0.1) is 0 Å². The Morgan fingerprint density at radius 3 is 2.09 bits per heavy atom. The number of carboxylic acids is 2. The molecule has 0 amide bonds. The lowest BCUT2D eigenvalue weighted by atomic mass is 10.0. The maximum Gasteiger partial charge on any atom is 0.328 e. The molecule has 0 aromatic heterocycles. The highest BCUT2D eigenvalue weighted by Crippen LogP contribution is 2.14. The molecule has 8 nitrogen and oxygen atoms in total. The van der Waals surface area contributed by atoms with E-state index in [2.05, 4.69) is 11.5 Å². The molecule has 0 spiro atoms. The van der Waals surface area contributed by atoms with Crippen molar-refractivity contribution in [2.45, 2.75) is 26.4 Å². The Balaban J connectivity index is 0.00000109. The molecule has 8 heteroatoms. The van der Waals surface area contributed by atoms with Crippen molar-refractivity contribution in [3.8, 4) is 5.75 Å². The molecule has 1 aromatic rings. The van der Waals surface area contributed by atoms with E-state index in [1.807, 2.05) is 39.1 Å². The Hall–Kier alpha value is -3.49. The van der Waals surface area contributed by atoms with Gasteiger partial charge in [-0.3, -0.25) is 9.69 Å². The Labute approximate surface area is 194 Å². The number of carbonyl (C=O) groups is 3. The zero-order valence-electron chi connectivity index (χ0n) is 19.3. The van der Waals surface area contributed by atoms with Crippen LogP contribution in [0.5, 0.6) is 5.75 Å². The van der Waals surface area contributed by atoms with Crippen molar-refractivity contribution in [3.63, 3.8) is 0 Å². The van der Waals surface area contributed by atoms with Crippen LogP contribution in [0.3, 0.4) is 0 Å². The number of allylic oxidation sites excluding steroid dienone is 1. The molecule has 0 fully saturated rings. The number of rotatable bonds is 13. The quantitative estimate of drug-likeness (QED) is 0.233. The second-order valence-electron chi connectivity index (χ2n) is 7.27. The van der Waals surface area contributed by atoms with E-state index in [9.17, 15) is 19.5 Å². The molecule has 0 aliphatic rings. The number of aliphatic carboxylic acids is 2. The van der Waals surface area contributed by atoms with Gasteiger partial charge >= 0.3 is 11.9 Å². The summed E-state index contributed by atoms with van der Waals surface area (Å²) in [5.74, 6) is -1.88. The van der Waals surface area contributed by atoms with Gasteiger partial charge in [0.25, 0.3) is 0 Å². The number of likely N-dealkylation sites (N-methyl/N-ethyl adjacent to an activating group) is 1. The Morgan fingerprint density at radius 1 is 1.03 bits per heavy atom. The first kappa shape index (κ1) is 29.5. The van der Waals surface area contributed by atoms with E-state index >= 15 is 0 Å². The first-order valence-electron chi connectivity index (χ1n) is 10.2. The number of ketones is 1. The highest BCUT2D eigenvalue weighted by molar-refractivity contribution is 5.96. The van der Waals surface area contributed by atoms with Gasteiger partial charge in [0.15, 0.2) is 5.78 Å². The van der Waals surface area contributed by atoms with Gasteiger partial charge in [-0.2, -0.15) is 0 Å². The molecule has 0 aliphatic heterocycles. The van der Waals surface area contributed by atoms with Gasteiger partial charge < -0.3 is 20.1 Å². The van der Waals surface area contributed by atoms with Gasteiger partial charge in [0, 0.05) is 37.2 Å². The van der Waals surface area contributed by atoms with E-state index in [1.54, 1.807) is 30.3 Å². The summed E-state index contributed by atoms with van der Waals surface area (Å²) in [6.07, 6.45) is 8.04. The van der Waals surface area contributed by atoms with E-state index < -0.39 is 18.0 Å². The number of nitrogens with zero attached hydrogens (tertiary/aromatic N) is 1. The van der Waals surface area contributed by atoms with Crippen LogP contribution in [0.4, 0.5) is 0 Å². The lowest BCUT2D eigenvalue weighted by Crippen LogP contribution is -2.17. The fourth-order valence-corrected chi connectivity index (χ4v) is 2.39. The predicted molar refractivity (Wildman–Crippen MR) is 128 cm³/mol. The number of Topliss-reactive ketones (excluding diaryl/α,β-unsaturated/α-hetero) is 1. The van der Waals surface area contributed by atoms with Crippen molar-refractivity contribution in [2.24, 2.45) is 0 Å². The third-order valence-electron chi connectivity index (χ3n) is 3.84. The van der Waals surface area contributed by atoms with Crippen LogP contribution in [0.1, 0.15) is 30.6 Å². The van der Waals surface area contributed by atoms with Crippen LogP contribution >= 0.6 is 0 Å². The van der Waals surface area contributed by atoms with Gasteiger partial charge in [-0.15, -0.1) is 6.58 Å². The number of carboxylic acid groups (broad SMARTS) is 2. The molecule has 1 atom stereocenters. The fraction of sp³-hybridized carbons (Fsp3) is 0.320. The van der Waals surface area contributed by atoms with Crippen molar-refractivity contribution in [1.29, 1.82) is 0 Å². The van der Waals surface area contributed by atoms with Crippen LogP contribution in [-0.4, -0.2) is 70.8 Å². The number of carbonyl (C=O) groups excluding carboxylic acids is 1. The average molecular weight is 460 g/mol. The van der Waals surface area contributed by atoms with E-state index in [4.69, 9.17) is 14.9 Å². The Kier molecular flexibility index (Phi) is 15.3. The summed E-state index contributed by atoms with van der Waals surface area (Å²) in [5.41, 5.74) is 1.57. The molecule has 0 bridgehead atoms. The lowest BCUT2D eigenvalue weighted by molar-refractivity contribution is -0.134. The van der Waals surface area contributed by atoms with Gasteiger partial charge in [-0.05, 0) is 45.2 Å². The second-order valence-corrected chi connectivity index (χ2v) is 7.27. The van der Waals surface area contributed by atoms with Gasteiger partial charge in [-0.1, -0.05) is 29.9 Å². The van der Waals surface area contributed by atoms with Gasteiger partial charge in [0.1, 0.15) is 12.4 Å². The number of hydrogen-bond donors (Lipinski definition) is 3. The van der Waals surface area contributed by atoms with Crippen molar-refractivity contribution >= 4 is 17.7 Å². The number of aliphatic hydroxyl groups excluding tert-OH is 1. The van der Waals surface area contributed by atoms with Gasteiger partial charge in [0.05, 0.1) is 6.10 Å². The standard InChI is InChI=1S/C21H29NO3.C4H4O4/c1-5-12-22(4)13-6-7-14-25-20-10-8-18(9-11-20)21(24)16-19(23)15-17(2)3;5-3(6)1-2-4(7)8/h5-11,15,19,23H,1,12-14,16H2,2-4H3;1-2H,(H,5,6)(H,7,8). The molecule has 1 rings (SSSR count). The smallest absolute Gasteiger partial charge is 0.328 e. The topological polar surface area (TPSA) is 124 Å². The second kappa shape index (κ2) is 17.1. The van der Waals surface area contributed by atoms with Crippen LogP contribution in [0.25, 0.3) is 0 Å². The lowest BCUT2D eigenvalue weighted by Gasteiger charge is -2.10. The summed E-state index contributed by atoms with van der Waals surface area (Å²) in [6.45, 7) is 9.67. The minimum absolute atomic E-state index is 0.0818. The molecule has 0 radical (unpaired) electrons. The fourth-order valence-electron chi connectivity index (χ4n) is 2.39. The third-order valence-corrected chi connectivity index (χ3v) is 3.84. The summed E-state index contributed by atoms with van der Waals surface area (Å²) in [4.78, 5) is 33.4. The van der Waals surface area contributed by atoms with E-state index in [-0.39, 0.29) is 12.2 Å². The van der Waals surface area contributed by atoms with Crippen LogP contribution in [-0.2, 0) is 9.59 Å². The number of hydrogen-bond acceptors (Lipinski definition) is 6. The normalized spacial score (nSPS) is 11.5. The van der Waals surface area contributed by atoms with Crippen LogP contribution in [0.2, 0.25) is 0 Å². The van der Waals surface area contributed by atoms with Crippen LogP contribution in [0.15, 0.2) is 72.9 Å². The molecule has 0 heterocycles. The first-order valence-corrected chi connectivity index (χ1v) is 10.2. The summed E-state index contributed by atoms with van der Waals surface area (Å²) in [6, 6.07) is 7.01. The molecule has 180 valence electrons. The maximum atomic E-state index is 12.1. The molecule has 33 heavy (non-hydrogen) atoms. The van der Waals surface area contributed by atoms with Crippen molar-refractivity contribution in [2.75, 3.05) is 26.7 Å². The van der Waals surface area contributed by atoms with Crippen molar-refractivity contribution < 1.29 is 34.4 Å². The zero-order valence-corrected chi connectivity index (χ0v) is 19.3. The molecule has 0 aliphatic carbocycles. The van der Waals surface area contributed by atoms with Gasteiger partial charge in [-0.25, -0.2) is 9.59 Å². The van der Waals surface area contributed by atoms with Crippen molar-refractivity contribution in [1.82, 2.24) is 4.90 Å². The Morgan fingerprint density at radius 2 is 1.61 bits per heavy atom. The highest BCUT2D eigenvalue weighted by Gasteiger charge is 2.11. The maximum absolute atomic E-state index is 12.1. The monoisotopic (exact) mass is 459 g/mol. The first-order chi connectivity index (χ1) is 15.5. The van der Waals surface area contributed by atoms with E-state index in [0.29, 0.717) is 30.1 Å². The zero-order chi connectivity index (χ0) is 25.2. The SMILES string of the molecule is C=CCN(C)CC=CCOc1ccc(C(=O)CC(O)C=C(C)C)cc1.O=C(O)C=CC(=O)O. The number of aliphatic hydroxyl groups is 1.